The van der Waals surface area contributed by atoms with Crippen molar-refractivity contribution in [2.45, 2.75) is 12.7 Å². The van der Waals surface area contributed by atoms with Crippen LogP contribution in [-0.4, -0.2) is 24.8 Å². The van der Waals surface area contributed by atoms with Gasteiger partial charge in [0.2, 0.25) is 0 Å². The molecule has 1 heterocycles. The minimum Gasteiger partial charge on any atom is -0.383 e. The molecule has 0 saturated heterocycles. The molecule has 2 aromatic rings. The van der Waals surface area contributed by atoms with Gasteiger partial charge in [-0.2, -0.15) is 13.2 Å². The van der Waals surface area contributed by atoms with Gasteiger partial charge < -0.3 is 14.6 Å². The fraction of sp³-hybridized carbons (Fsp3) is 0.333. The summed E-state index contributed by atoms with van der Waals surface area (Å²) in [5.74, 6) is 0. The lowest BCUT2D eigenvalue weighted by molar-refractivity contribution is -0.137. The Kier molecular flexibility index (Phi) is 5.03. The lowest BCUT2D eigenvalue weighted by Gasteiger charge is -2.13. The summed E-state index contributed by atoms with van der Waals surface area (Å²) in [6.45, 7) is 1.83. The van der Waals surface area contributed by atoms with Gasteiger partial charge in [0.05, 0.1) is 12.2 Å². The van der Waals surface area contributed by atoms with Crippen LogP contribution in [0.4, 0.5) is 13.2 Å². The van der Waals surface area contributed by atoms with E-state index in [0.29, 0.717) is 25.4 Å². The van der Waals surface area contributed by atoms with E-state index in [9.17, 15) is 13.2 Å². The van der Waals surface area contributed by atoms with E-state index >= 15 is 0 Å². The molecule has 0 spiro atoms. The first-order valence-electron chi connectivity index (χ1n) is 6.56. The van der Waals surface area contributed by atoms with Crippen molar-refractivity contribution in [3.05, 3.63) is 53.9 Å². The molecule has 0 aliphatic heterocycles. The Hall–Kier alpha value is -1.79. The van der Waals surface area contributed by atoms with Gasteiger partial charge in [-0.3, -0.25) is 0 Å². The third kappa shape index (κ3) is 4.09. The van der Waals surface area contributed by atoms with E-state index in [4.69, 9.17) is 4.74 Å². The Bertz CT molecular complexity index is 578. The Morgan fingerprint density at radius 1 is 1.19 bits per heavy atom. The average molecular weight is 298 g/mol. The number of methoxy groups -OCH3 is 1. The van der Waals surface area contributed by atoms with Crippen molar-refractivity contribution >= 4 is 0 Å². The molecule has 114 valence electrons. The molecular weight excluding hydrogens is 281 g/mol. The van der Waals surface area contributed by atoms with E-state index in [0.717, 1.165) is 17.8 Å². The lowest BCUT2D eigenvalue weighted by atomic mass is 10.2. The molecule has 0 aliphatic carbocycles. The first kappa shape index (κ1) is 15.6. The van der Waals surface area contributed by atoms with Crippen molar-refractivity contribution in [3.8, 4) is 5.69 Å². The maximum atomic E-state index is 12.8. The highest BCUT2D eigenvalue weighted by Gasteiger charge is 2.30. The number of ether oxygens (including phenoxy) is 1. The molecule has 0 atom stereocenters. The van der Waals surface area contributed by atoms with Crippen molar-refractivity contribution in [1.82, 2.24) is 9.88 Å². The number of halogens is 3. The van der Waals surface area contributed by atoms with Crippen LogP contribution in [-0.2, 0) is 17.5 Å². The standard InChI is InChI=1S/C15H17F3N2O/c1-21-9-7-19-11-14-6-3-8-20(14)13-5-2-4-12(10-13)15(16,17)18/h2-6,8,10,19H,7,9,11H2,1H3. The molecule has 0 amide bonds. The summed E-state index contributed by atoms with van der Waals surface area (Å²) in [5, 5.41) is 3.18. The fourth-order valence-electron chi connectivity index (χ4n) is 2.03. The average Bonchev–Trinajstić information content (AvgIpc) is 2.91. The number of rotatable bonds is 6. The number of nitrogens with zero attached hydrogens (tertiary/aromatic N) is 1. The Labute approximate surface area is 121 Å². The number of hydrogen-bond donors (Lipinski definition) is 1. The molecule has 1 aromatic carbocycles. The van der Waals surface area contributed by atoms with Crippen molar-refractivity contribution in [2.75, 3.05) is 20.3 Å². The molecular formula is C15H17F3N2O. The normalized spacial score (nSPS) is 11.8. The van der Waals surface area contributed by atoms with Crippen LogP contribution < -0.4 is 5.32 Å². The molecule has 1 N–H and O–H groups in total. The molecule has 1 aromatic heterocycles. The van der Waals surface area contributed by atoms with Crippen LogP contribution in [0.2, 0.25) is 0 Å². The minimum atomic E-state index is -4.33. The molecule has 3 nitrogen and oxygen atoms in total. The van der Waals surface area contributed by atoms with Crippen LogP contribution >= 0.6 is 0 Å². The number of hydrogen-bond acceptors (Lipinski definition) is 2. The van der Waals surface area contributed by atoms with Gasteiger partial charge in [0.25, 0.3) is 0 Å². The summed E-state index contributed by atoms with van der Waals surface area (Å²) in [6, 6.07) is 8.99. The lowest BCUT2D eigenvalue weighted by Crippen LogP contribution is -2.20. The predicted molar refractivity (Wildman–Crippen MR) is 74.4 cm³/mol. The highest BCUT2D eigenvalue weighted by molar-refractivity contribution is 5.39. The number of aromatic nitrogens is 1. The summed E-state index contributed by atoms with van der Waals surface area (Å²) in [6.07, 6.45) is -2.58. The van der Waals surface area contributed by atoms with Crippen LogP contribution in [0.15, 0.2) is 42.6 Å². The van der Waals surface area contributed by atoms with Crippen molar-refractivity contribution in [2.24, 2.45) is 0 Å². The second-order valence-electron chi connectivity index (χ2n) is 4.59. The molecule has 6 heteroatoms. The van der Waals surface area contributed by atoms with Crippen LogP contribution in [0.5, 0.6) is 0 Å². The molecule has 0 saturated carbocycles. The van der Waals surface area contributed by atoms with Crippen LogP contribution in [0.1, 0.15) is 11.3 Å². The van der Waals surface area contributed by atoms with Gasteiger partial charge in [0.15, 0.2) is 0 Å². The molecule has 2 rings (SSSR count). The highest BCUT2D eigenvalue weighted by atomic mass is 19.4. The summed E-state index contributed by atoms with van der Waals surface area (Å²) < 4.78 is 45.0. The predicted octanol–water partition coefficient (Wildman–Crippen LogP) is 3.23. The zero-order valence-corrected chi connectivity index (χ0v) is 11.7. The van der Waals surface area contributed by atoms with E-state index in [1.807, 2.05) is 12.1 Å². The van der Waals surface area contributed by atoms with Gasteiger partial charge in [0.1, 0.15) is 0 Å². The maximum absolute atomic E-state index is 12.8. The van der Waals surface area contributed by atoms with E-state index in [1.54, 1.807) is 23.9 Å². The van der Waals surface area contributed by atoms with Crippen LogP contribution in [0.3, 0.4) is 0 Å². The number of benzene rings is 1. The third-order valence-corrected chi connectivity index (χ3v) is 3.07. The zero-order chi connectivity index (χ0) is 15.3. The van der Waals surface area contributed by atoms with Gasteiger partial charge in [-0.1, -0.05) is 6.07 Å². The van der Waals surface area contributed by atoms with E-state index < -0.39 is 11.7 Å². The minimum absolute atomic E-state index is 0.498. The summed E-state index contributed by atoms with van der Waals surface area (Å²) in [7, 11) is 1.62. The van der Waals surface area contributed by atoms with Gasteiger partial charge >= 0.3 is 6.18 Å². The Morgan fingerprint density at radius 2 is 2.00 bits per heavy atom. The van der Waals surface area contributed by atoms with Crippen molar-refractivity contribution in [1.29, 1.82) is 0 Å². The SMILES string of the molecule is COCCNCc1cccn1-c1cccc(C(F)(F)F)c1. The molecule has 0 bridgehead atoms. The van der Waals surface area contributed by atoms with Crippen molar-refractivity contribution in [3.63, 3.8) is 0 Å². The highest BCUT2D eigenvalue weighted by Crippen LogP contribution is 2.30. The number of nitrogens with one attached hydrogen (secondary N) is 1. The topological polar surface area (TPSA) is 26.2 Å². The van der Waals surface area contributed by atoms with Crippen LogP contribution in [0, 0.1) is 0 Å². The van der Waals surface area contributed by atoms with Gasteiger partial charge in [-0.25, -0.2) is 0 Å². The smallest absolute Gasteiger partial charge is 0.383 e. The van der Waals surface area contributed by atoms with Crippen molar-refractivity contribution < 1.29 is 17.9 Å². The van der Waals surface area contributed by atoms with E-state index in [2.05, 4.69) is 5.32 Å². The fourth-order valence-corrected chi connectivity index (χ4v) is 2.03. The first-order chi connectivity index (χ1) is 10.0. The quantitative estimate of drug-likeness (QED) is 0.829. The Balaban J connectivity index is 2.17. The summed E-state index contributed by atoms with van der Waals surface area (Å²) in [5.41, 5.74) is 0.746. The second-order valence-corrected chi connectivity index (χ2v) is 4.59. The Morgan fingerprint density at radius 3 is 2.71 bits per heavy atom. The molecule has 0 aliphatic rings. The number of alkyl halides is 3. The zero-order valence-electron chi connectivity index (χ0n) is 11.7. The maximum Gasteiger partial charge on any atom is 0.416 e. The second kappa shape index (κ2) is 6.78. The summed E-state index contributed by atoms with van der Waals surface area (Å²) in [4.78, 5) is 0. The first-order valence-corrected chi connectivity index (χ1v) is 6.56. The summed E-state index contributed by atoms with van der Waals surface area (Å²) >= 11 is 0. The van der Waals surface area contributed by atoms with Gasteiger partial charge in [-0.05, 0) is 30.3 Å². The van der Waals surface area contributed by atoms with Gasteiger partial charge in [0, 0.05) is 37.8 Å². The molecule has 0 radical (unpaired) electrons. The molecule has 21 heavy (non-hydrogen) atoms. The van der Waals surface area contributed by atoms with Gasteiger partial charge in [-0.15, -0.1) is 0 Å². The monoisotopic (exact) mass is 298 g/mol. The largest absolute Gasteiger partial charge is 0.416 e. The molecule has 0 unspecified atom stereocenters. The molecule has 0 fully saturated rings. The van der Waals surface area contributed by atoms with Crippen LogP contribution in [0.25, 0.3) is 5.69 Å². The van der Waals surface area contributed by atoms with E-state index in [-0.39, 0.29) is 0 Å². The third-order valence-electron chi connectivity index (χ3n) is 3.07. The van der Waals surface area contributed by atoms with E-state index in [1.165, 1.54) is 6.07 Å².